The maximum absolute atomic E-state index is 11.8. The quantitative estimate of drug-likeness (QED) is 0.748. The van der Waals surface area contributed by atoms with Crippen LogP contribution in [0.1, 0.15) is 29.8 Å². The Morgan fingerprint density at radius 1 is 1.42 bits per heavy atom. The number of amides is 1. The summed E-state index contributed by atoms with van der Waals surface area (Å²) >= 11 is 0. The average Bonchev–Trinajstić information content (AvgIpc) is 2.85. The first kappa shape index (κ1) is 13.3. The van der Waals surface area contributed by atoms with Crippen molar-refractivity contribution in [1.82, 2.24) is 10.3 Å². The molecule has 0 aromatic carbocycles. The van der Waals surface area contributed by atoms with Crippen LogP contribution in [0.4, 0.5) is 5.69 Å². The van der Waals surface area contributed by atoms with Crippen LogP contribution in [0.15, 0.2) is 18.3 Å². The number of nitrogens with zero attached hydrogens (tertiary/aromatic N) is 1. The van der Waals surface area contributed by atoms with E-state index in [2.05, 4.69) is 10.3 Å². The topological polar surface area (TPSA) is 105 Å². The zero-order valence-corrected chi connectivity index (χ0v) is 10.5. The van der Waals surface area contributed by atoms with Crippen molar-refractivity contribution in [2.24, 2.45) is 11.8 Å². The zero-order chi connectivity index (χ0) is 13.8. The summed E-state index contributed by atoms with van der Waals surface area (Å²) in [5.41, 5.74) is 6.28. The van der Waals surface area contributed by atoms with Gasteiger partial charge in [0, 0.05) is 6.54 Å². The fraction of sp³-hybridized carbons (Fsp3) is 0.462. The van der Waals surface area contributed by atoms with Gasteiger partial charge >= 0.3 is 5.97 Å². The molecule has 1 amide bonds. The molecule has 0 radical (unpaired) electrons. The van der Waals surface area contributed by atoms with Gasteiger partial charge < -0.3 is 16.2 Å². The summed E-state index contributed by atoms with van der Waals surface area (Å²) in [4.78, 5) is 26.8. The SMILES string of the molecule is Nc1ccc(C(=O)NCC2CCCC2C(=O)O)nc1. The van der Waals surface area contributed by atoms with Crippen molar-refractivity contribution in [3.63, 3.8) is 0 Å². The Morgan fingerprint density at radius 2 is 2.21 bits per heavy atom. The van der Waals surface area contributed by atoms with Crippen LogP contribution >= 0.6 is 0 Å². The second-order valence-corrected chi connectivity index (χ2v) is 4.82. The Balaban J connectivity index is 1.90. The Kier molecular flexibility index (Phi) is 3.99. The molecule has 1 aliphatic carbocycles. The lowest BCUT2D eigenvalue weighted by atomic mass is 9.96. The van der Waals surface area contributed by atoms with Gasteiger partial charge in [0.05, 0.1) is 17.8 Å². The van der Waals surface area contributed by atoms with Gasteiger partial charge in [-0.3, -0.25) is 9.59 Å². The molecule has 1 saturated carbocycles. The van der Waals surface area contributed by atoms with E-state index in [-0.39, 0.29) is 17.7 Å². The largest absolute Gasteiger partial charge is 0.481 e. The molecule has 19 heavy (non-hydrogen) atoms. The van der Waals surface area contributed by atoms with Crippen LogP contribution in [0, 0.1) is 11.8 Å². The van der Waals surface area contributed by atoms with Crippen molar-refractivity contribution < 1.29 is 14.7 Å². The molecular weight excluding hydrogens is 246 g/mol. The second-order valence-electron chi connectivity index (χ2n) is 4.82. The maximum atomic E-state index is 11.8. The van der Waals surface area contributed by atoms with E-state index in [0.29, 0.717) is 24.3 Å². The van der Waals surface area contributed by atoms with Crippen molar-refractivity contribution in [3.8, 4) is 0 Å². The third-order valence-electron chi connectivity index (χ3n) is 3.52. The number of carboxylic acid groups (broad SMARTS) is 1. The predicted octanol–water partition coefficient (Wildman–Crippen LogP) is 0.894. The monoisotopic (exact) mass is 263 g/mol. The van der Waals surface area contributed by atoms with Gasteiger partial charge in [0.15, 0.2) is 0 Å². The van der Waals surface area contributed by atoms with E-state index in [1.807, 2.05) is 0 Å². The van der Waals surface area contributed by atoms with E-state index in [9.17, 15) is 9.59 Å². The number of nitrogens with two attached hydrogens (primary N) is 1. The number of nitrogen functional groups attached to an aromatic ring is 1. The summed E-state index contributed by atoms with van der Waals surface area (Å²) in [6, 6.07) is 3.16. The molecule has 1 heterocycles. The van der Waals surface area contributed by atoms with Crippen LogP contribution < -0.4 is 11.1 Å². The fourth-order valence-electron chi connectivity index (χ4n) is 2.46. The smallest absolute Gasteiger partial charge is 0.306 e. The van der Waals surface area contributed by atoms with Crippen LogP contribution in [-0.4, -0.2) is 28.5 Å². The maximum Gasteiger partial charge on any atom is 0.306 e. The number of aromatic nitrogens is 1. The molecule has 6 heteroatoms. The van der Waals surface area contributed by atoms with Crippen molar-refractivity contribution in [1.29, 1.82) is 0 Å². The van der Waals surface area contributed by atoms with E-state index in [1.54, 1.807) is 12.1 Å². The second kappa shape index (κ2) is 5.69. The Morgan fingerprint density at radius 3 is 2.84 bits per heavy atom. The number of aliphatic carboxylic acids is 1. The summed E-state index contributed by atoms with van der Waals surface area (Å²) in [7, 11) is 0. The van der Waals surface area contributed by atoms with Crippen molar-refractivity contribution in [2.45, 2.75) is 19.3 Å². The van der Waals surface area contributed by atoms with E-state index in [1.165, 1.54) is 6.20 Å². The molecule has 102 valence electrons. The molecule has 6 nitrogen and oxygen atoms in total. The summed E-state index contributed by atoms with van der Waals surface area (Å²) in [6.07, 6.45) is 3.85. The van der Waals surface area contributed by atoms with Crippen LogP contribution in [0.5, 0.6) is 0 Å². The Bertz CT molecular complexity index is 473. The number of carboxylic acids is 1. The van der Waals surface area contributed by atoms with Gasteiger partial charge in [-0.2, -0.15) is 0 Å². The number of anilines is 1. The number of hydrogen-bond acceptors (Lipinski definition) is 4. The van der Waals surface area contributed by atoms with E-state index < -0.39 is 5.97 Å². The van der Waals surface area contributed by atoms with E-state index >= 15 is 0 Å². The molecule has 2 unspecified atom stereocenters. The highest BCUT2D eigenvalue weighted by Crippen LogP contribution is 2.31. The van der Waals surface area contributed by atoms with Gasteiger partial charge in [-0.25, -0.2) is 4.98 Å². The van der Waals surface area contributed by atoms with Gasteiger partial charge in [0.25, 0.3) is 5.91 Å². The van der Waals surface area contributed by atoms with Crippen LogP contribution in [0.3, 0.4) is 0 Å². The third-order valence-corrected chi connectivity index (χ3v) is 3.52. The third kappa shape index (κ3) is 3.21. The van der Waals surface area contributed by atoms with E-state index in [4.69, 9.17) is 10.8 Å². The number of hydrogen-bond donors (Lipinski definition) is 3. The standard InChI is InChI=1S/C13H17N3O3/c14-9-4-5-11(15-7-9)12(17)16-6-8-2-1-3-10(8)13(18)19/h4-5,7-8,10H,1-3,6,14H2,(H,16,17)(H,18,19). The summed E-state index contributed by atoms with van der Waals surface area (Å²) in [5.74, 6) is -1.41. The number of carbonyl (C=O) groups excluding carboxylic acids is 1. The summed E-state index contributed by atoms with van der Waals surface area (Å²) in [5, 5.41) is 11.8. The number of carbonyl (C=O) groups is 2. The summed E-state index contributed by atoms with van der Waals surface area (Å²) < 4.78 is 0. The molecule has 0 saturated heterocycles. The van der Waals surface area contributed by atoms with Crippen molar-refractivity contribution in [3.05, 3.63) is 24.0 Å². The molecule has 1 fully saturated rings. The lowest BCUT2D eigenvalue weighted by Crippen LogP contribution is -2.33. The Hall–Kier alpha value is -2.11. The van der Waals surface area contributed by atoms with Gasteiger partial charge in [-0.15, -0.1) is 0 Å². The minimum absolute atomic E-state index is 0.00947. The molecule has 2 atom stereocenters. The Labute approximate surface area is 111 Å². The first-order chi connectivity index (χ1) is 9.08. The first-order valence-electron chi connectivity index (χ1n) is 6.30. The minimum atomic E-state index is -0.776. The summed E-state index contributed by atoms with van der Waals surface area (Å²) in [6.45, 7) is 0.377. The number of nitrogens with one attached hydrogen (secondary N) is 1. The first-order valence-corrected chi connectivity index (χ1v) is 6.30. The van der Waals surface area contributed by atoms with Crippen molar-refractivity contribution >= 4 is 17.6 Å². The molecule has 1 aromatic heterocycles. The molecular formula is C13H17N3O3. The molecule has 0 bridgehead atoms. The van der Waals surface area contributed by atoms with Gasteiger partial charge in [-0.1, -0.05) is 6.42 Å². The normalized spacial score (nSPS) is 22.1. The lowest BCUT2D eigenvalue weighted by Gasteiger charge is -2.16. The average molecular weight is 263 g/mol. The lowest BCUT2D eigenvalue weighted by molar-refractivity contribution is -0.142. The molecule has 1 aliphatic rings. The zero-order valence-electron chi connectivity index (χ0n) is 10.5. The number of pyridine rings is 1. The molecule has 0 aliphatic heterocycles. The van der Waals surface area contributed by atoms with Crippen LogP contribution in [-0.2, 0) is 4.79 Å². The van der Waals surface area contributed by atoms with Crippen molar-refractivity contribution in [2.75, 3.05) is 12.3 Å². The highest BCUT2D eigenvalue weighted by molar-refractivity contribution is 5.92. The van der Waals surface area contributed by atoms with Crippen LogP contribution in [0.25, 0.3) is 0 Å². The molecule has 2 rings (SSSR count). The highest BCUT2D eigenvalue weighted by atomic mass is 16.4. The minimum Gasteiger partial charge on any atom is -0.481 e. The fourth-order valence-corrected chi connectivity index (χ4v) is 2.46. The molecule has 4 N–H and O–H groups in total. The van der Waals surface area contributed by atoms with Crippen LogP contribution in [0.2, 0.25) is 0 Å². The highest BCUT2D eigenvalue weighted by Gasteiger charge is 2.32. The number of rotatable bonds is 4. The predicted molar refractivity (Wildman–Crippen MR) is 69.4 cm³/mol. The van der Waals surface area contributed by atoms with E-state index in [0.717, 1.165) is 12.8 Å². The molecule has 1 aromatic rings. The molecule has 0 spiro atoms. The van der Waals surface area contributed by atoms with Gasteiger partial charge in [0.1, 0.15) is 5.69 Å². The van der Waals surface area contributed by atoms with Gasteiger partial charge in [0.2, 0.25) is 0 Å². The van der Waals surface area contributed by atoms with Gasteiger partial charge in [-0.05, 0) is 30.9 Å².